The average Bonchev–Trinajstić information content (AvgIpc) is 3.73. The summed E-state index contributed by atoms with van der Waals surface area (Å²) in [5.74, 6) is 2.01. The van der Waals surface area contributed by atoms with E-state index in [2.05, 4.69) is 4.99 Å². The number of aliphatic imine (C=N–C) groups is 2. The van der Waals surface area contributed by atoms with E-state index in [1.807, 2.05) is 80.9 Å². The number of carbonyl (C=O) groups is 2. The Labute approximate surface area is 326 Å². The number of allylic oxidation sites excluding steroid dienone is 4. The van der Waals surface area contributed by atoms with Crippen LogP contribution < -0.4 is 24.7 Å². The summed E-state index contributed by atoms with van der Waals surface area (Å²) in [5, 5.41) is 9.68. The molecule has 12 nitrogen and oxygen atoms in total. The fourth-order valence-corrected chi connectivity index (χ4v) is 6.94. The number of fused-ring (bicyclic) bond motifs is 2. The summed E-state index contributed by atoms with van der Waals surface area (Å²) in [6.45, 7) is 4.51. The molecule has 56 heavy (non-hydrogen) atoms. The highest BCUT2D eigenvalue weighted by Gasteiger charge is 2.33. The van der Waals surface area contributed by atoms with Gasteiger partial charge in [-0.05, 0) is 66.0 Å². The summed E-state index contributed by atoms with van der Waals surface area (Å²) in [5.41, 5.74) is 12.2. The zero-order chi connectivity index (χ0) is 39.4. The molecule has 3 aromatic carbocycles. The zero-order valence-corrected chi connectivity index (χ0v) is 31.8. The van der Waals surface area contributed by atoms with E-state index in [0.717, 1.165) is 34.3 Å². The molecule has 288 valence electrons. The Hall–Kier alpha value is -6.40. The third-order valence-corrected chi connectivity index (χ3v) is 10.1. The number of amides is 2. The number of benzene rings is 3. The second-order valence-corrected chi connectivity index (χ2v) is 14.3. The van der Waals surface area contributed by atoms with E-state index in [-0.39, 0.29) is 23.7 Å². The molecule has 0 spiro atoms. The second kappa shape index (κ2) is 16.1. The minimum atomic E-state index is -0.533. The van der Waals surface area contributed by atoms with Gasteiger partial charge in [-0.2, -0.15) is 0 Å². The maximum Gasteiger partial charge on any atom is 0.260 e. The summed E-state index contributed by atoms with van der Waals surface area (Å²) < 4.78 is 23.5. The van der Waals surface area contributed by atoms with E-state index < -0.39 is 5.54 Å². The third-order valence-electron chi connectivity index (χ3n) is 10.1. The first-order valence-electron chi connectivity index (χ1n) is 18.4. The van der Waals surface area contributed by atoms with Crippen LogP contribution in [0.2, 0.25) is 0 Å². The molecule has 3 heterocycles. The number of phenolic OH excluding ortho intramolecular Hbond substituents is 1. The number of carbonyl (C=O) groups excluding carboxylic acids is 2. The fraction of sp³-hybridized carbons (Fsp3) is 0.273. The lowest BCUT2D eigenvalue weighted by Gasteiger charge is -2.19. The molecule has 0 saturated carbocycles. The number of ether oxygens (including phenoxy) is 4. The van der Waals surface area contributed by atoms with Gasteiger partial charge in [-0.3, -0.25) is 19.6 Å². The van der Waals surface area contributed by atoms with Crippen molar-refractivity contribution in [2.45, 2.75) is 50.7 Å². The van der Waals surface area contributed by atoms with Crippen molar-refractivity contribution < 1.29 is 33.6 Å². The quantitative estimate of drug-likeness (QED) is 0.106. The van der Waals surface area contributed by atoms with Crippen LogP contribution >= 0.6 is 0 Å². The van der Waals surface area contributed by atoms with Gasteiger partial charge in [0.05, 0.1) is 62.0 Å². The van der Waals surface area contributed by atoms with Gasteiger partial charge >= 0.3 is 0 Å². The van der Waals surface area contributed by atoms with Gasteiger partial charge in [0.15, 0.2) is 23.0 Å². The molecule has 4 aliphatic rings. The van der Waals surface area contributed by atoms with Gasteiger partial charge < -0.3 is 39.6 Å². The van der Waals surface area contributed by atoms with Crippen molar-refractivity contribution in [3.63, 3.8) is 0 Å². The Morgan fingerprint density at radius 1 is 0.964 bits per heavy atom. The summed E-state index contributed by atoms with van der Waals surface area (Å²) in [6, 6.07) is 13.6. The van der Waals surface area contributed by atoms with Gasteiger partial charge in [-0.1, -0.05) is 42.5 Å². The summed E-state index contributed by atoms with van der Waals surface area (Å²) in [4.78, 5) is 38.5. The van der Waals surface area contributed by atoms with Gasteiger partial charge in [0, 0.05) is 56.2 Å². The number of hydrogen-bond acceptors (Lipinski definition) is 10. The molecule has 3 N–H and O–H groups in total. The zero-order valence-electron chi connectivity index (χ0n) is 31.8. The first-order chi connectivity index (χ1) is 27.0. The molecule has 1 aliphatic carbocycles. The second-order valence-electron chi connectivity index (χ2n) is 14.3. The molecule has 0 radical (unpaired) electrons. The normalized spacial score (nSPS) is 21.2. The van der Waals surface area contributed by atoms with E-state index in [1.165, 1.54) is 7.11 Å². The Balaban J connectivity index is 0.971. The van der Waals surface area contributed by atoms with Crippen molar-refractivity contribution in [2.24, 2.45) is 15.7 Å². The van der Waals surface area contributed by atoms with Gasteiger partial charge in [0.1, 0.15) is 5.75 Å². The van der Waals surface area contributed by atoms with Crippen molar-refractivity contribution >= 4 is 41.7 Å². The van der Waals surface area contributed by atoms with E-state index in [4.69, 9.17) is 29.7 Å². The lowest BCUT2D eigenvalue weighted by atomic mass is 10.00. The first kappa shape index (κ1) is 37.9. The van der Waals surface area contributed by atoms with Crippen LogP contribution in [-0.4, -0.2) is 84.7 Å². The summed E-state index contributed by atoms with van der Waals surface area (Å²) >= 11 is 0. The highest BCUT2D eigenvalue weighted by molar-refractivity contribution is 6.05. The lowest BCUT2D eigenvalue weighted by Crippen LogP contribution is -2.32. The van der Waals surface area contributed by atoms with E-state index in [0.29, 0.717) is 72.4 Å². The molecule has 3 atom stereocenters. The fourth-order valence-electron chi connectivity index (χ4n) is 6.94. The minimum Gasteiger partial charge on any atom is -0.508 e. The Bertz CT molecular complexity index is 2230. The standard InChI is InChI=1S/C44H45N5O7/c1-28-17-39(53-3)41(21-37(28)46-23-33-18-31(25-48(33)27-50)29-7-5-13-44(2,45)14-12-29)55-15-6-16-56-42-22-38-36(20-40(42)54-4)43(52)49-26-32(19-34(49)24-47-38)30-8-10-35(51)11-9-30/h5,7-14,17,20-27,33-34,51H,6,15-16,18-19,45H2,1-4H3. The van der Waals surface area contributed by atoms with Crippen LogP contribution in [0.25, 0.3) is 5.57 Å². The number of aryl methyl sites for hydroxylation is 1. The third kappa shape index (κ3) is 8.15. The van der Waals surface area contributed by atoms with Gasteiger partial charge in [-0.15, -0.1) is 0 Å². The molecule has 0 fully saturated rings. The Morgan fingerprint density at radius 3 is 2.43 bits per heavy atom. The highest BCUT2D eigenvalue weighted by Crippen LogP contribution is 2.40. The number of nitrogens with two attached hydrogens (primary N) is 1. The molecule has 12 heteroatoms. The van der Waals surface area contributed by atoms with Crippen molar-refractivity contribution in [2.75, 3.05) is 27.4 Å². The lowest BCUT2D eigenvalue weighted by molar-refractivity contribution is -0.116. The molecule has 0 aromatic heterocycles. The minimum absolute atomic E-state index is 0.182. The van der Waals surface area contributed by atoms with Crippen LogP contribution in [-0.2, 0) is 4.79 Å². The highest BCUT2D eigenvalue weighted by atomic mass is 16.5. The summed E-state index contributed by atoms with van der Waals surface area (Å²) in [6.07, 6.45) is 19.7. The van der Waals surface area contributed by atoms with E-state index in [9.17, 15) is 14.7 Å². The van der Waals surface area contributed by atoms with E-state index >= 15 is 0 Å². The molecule has 2 amide bonds. The van der Waals surface area contributed by atoms with Crippen molar-refractivity contribution in [1.29, 1.82) is 0 Å². The SMILES string of the molecule is COc1cc(C)c(N=CC2CC(C3=CC=CC(C)(N)C=C3)=CN2C=O)cc1OCCCOc1cc2c(cc1OC)C(=O)N1C=C(c3ccc(O)cc3)CC1C=N2. The van der Waals surface area contributed by atoms with Crippen LogP contribution in [0.4, 0.5) is 11.4 Å². The van der Waals surface area contributed by atoms with E-state index in [1.54, 1.807) is 53.6 Å². The topological polar surface area (TPSA) is 149 Å². The number of hydrogen-bond donors (Lipinski definition) is 2. The first-order valence-corrected chi connectivity index (χ1v) is 18.4. The number of methoxy groups -OCH3 is 2. The monoisotopic (exact) mass is 755 g/mol. The van der Waals surface area contributed by atoms with Crippen LogP contribution in [0.15, 0.2) is 112 Å². The Morgan fingerprint density at radius 2 is 1.70 bits per heavy atom. The molecular formula is C44H45N5O7. The number of nitrogens with zero attached hydrogens (tertiary/aromatic N) is 4. The van der Waals surface area contributed by atoms with Gasteiger partial charge in [-0.25, -0.2) is 0 Å². The molecule has 7 rings (SSSR count). The van der Waals surface area contributed by atoms with Crippen molar-refractivity contribution in [1.82, 2.24) is 9.80 Å². The molecule has 3 unspecified atom stereocenters. The van der Waals surface area contributed by atoms with Crippen molar-refractivity contribution in [3.05, 3.63) is 119 Å². The molecule has 3 aliphatic heterocycles. The van der Waals surface area contributed by atoms with Crippen LogP contribution in [0.5, 0.6) is 28.7 Å². The molecule has 0 saturated heterocycles. The number of phenols is 1. The molecule has 0 bridgehead atoms. The van der Waals surface area contributed by atoms with Gasteiger partial charge in [0.2, 0.25) is 6.41 Å². The predicted molar refractivity (Wildman–Crippen MR) is 217 cm³/mol. The van der Waals surface area contributed by atoms with Crippen molar-refractivity contribution in [3.8, 4) is 28.7 Å². The average molecular weight is 756 g/mol. The van der Waals surface area contributed by atoms with Crippen LogP contribution in [0, 0.1) is 6.92 Å². The largest absolute Gasteiger partial charge is 0.508 e. The Kier molecular flexibility index (Phi) is 10.9. The smallest absolute Gasteiger partial charge is 0.260 e. The van der Waals surface area contributed by atoms with Crippen LogP contribution in [0.1, 0.15) is 47.7 Å². The number of aromatic hydroxyl groups is 1. The number of rotatable bonds is 13. The molecular weight excluding hydrogens is 711 g/mol. The maximum absolute atomic E-state index is 13.7. The summed E-state index contributed by atoms with van der Waals surface area (Å²) in [7, 11) is 3.13. The predicted octanol–water partition coefficient (Wildman–Crippen LogP) is 7.12. The maximum atomic E-state index is 13.7. The van der Waals surface area contributed by atoms with Crippen LogP contribution in [0.3, 0.4) is 0 Å². The molecule has 3 aromatic rings. The van der Waals surface area contributed by atoms with Gasteiger partial charge in [0.25, 0.3) is 5.91 Å².